The third kappa shape index (κ3) is 1.32. The minimum atomic E-state index is 0.987. The molecule has 0 N–H and O–H groups in total. The molecular weight excluding hydrogens is 235 g/mol. The monoisotopic (exact) mass is 242 g/mol. The number of rotatable bonds is 0. The number of benzene rings is 1. The molecule has 0 aliphatic rings. The summed E-state index contributed by atoms with van der Waals surface area (Å²) >= 11 is 2.26. The molecule has 0 spiro atoms. The highest BCUT2D eigenvalue weighted by molar-refractivity contribution is 14.1. The Labute approximate surface area is 74.8 Å². The van der Waals surface area contributed by atoms with Gasteiger partial charge in [0.1, 0.15) is 0 Å². The van der Waals surface area contributed by atoms with Gasteiger partial charge in [0.15, 0.2) is 0 Å². The summed E-state index contributed by atoms with van der Waals surface area (Å²) in [5.41, 5.74) is 2.23. The van der Waals surface area contributed by atoms with Crippen molar-refractivity contribution in [1.29, 1.82) is 0 Å². The van der Waals surface area contributed by atoms with E-state index >= 15 is 0 Å². The highest BCUT2D eigenvalue weighted by Crippen LogP contribution is 2.14. The zero-order valence-corrected chi connectivity index (χ0v) is 7.84. The van der Waals surface area contributed by atoms with Gasteiger partial charge in [0.25, 0.3) is 0 Å². The molecule has 0 heterocycles. The molecule has 0 bridgehead atoms. The summed E-state index contributed by atoms with van der Waals surface area (Å²) in [6.45, 7) is 2.06. The summed E-state index contributed by atoms with van der Waals surface area (Å²) in [6.07, 6.45) is 5.26. The Bertz CT molecular complexity index is 281. The molecule has 1 aromatic carbocycles. The largest absolute Gasteiger partial charge is 0.115 e. The van der Waals surface area contributed by atoms with E-state index in [4.69, 9.17) is 6.42 Å². The molecule has 0 unspecified atom stereocenters. The second-order valence-electron chi connectivity index (χ2n) is 2.08. The summed E-state index contributed by atoms with van der Waals surface area (Å²) in [6, 6.07) is 5.99. The van der Waals surface area contributed by atoms with Crippen LogP contribution in [0.15, 0.2) is 18.2 Å². The van der Waals surface area contributed by atoms with Gasteiger partial charge in [0, 0.05) is 9.13 Å². The molecule has 0 saturated carbocycles. The molecule has 1 aromatic rings. The van der Waals surface area contributed by atoms with Crippen LogP contribution in [0.4, 0.5) is 0 Å². The van der Waals surface area contributed by atoms with E-state index in [0.717, 1.165) is 5.56 Å². The number of hydrogen-bond acceptors (Lipinski definition) is 0. The van der Waals surface area contributed by atoms with Crippen LogP contribution in [0.25, 0.3) is 0 Å². The van der Waals surface area contributed by atoms with Gasteiger partial charge in [-0.1, -0.05) is 18.1 Å². The molecule has 0 amide bonds. The average molecular weight is 242 g/mol. The lowest BCUT2D eigenvalue weighted by Crippen LogP contribution is -1.84. The predicted molar refractivity (Wildman–Crippen MR) is 51.8 cm³/mol. The van der Waals surface area contributed by atoms with Crippen molar-refractivity contribution in [2.24, 2.45) is 0 Å². The molecule has 0 radical (unpaired) electrons. The molecule has 1 rings (SSSR count). The van der Waals surface area contributed by atoms with Crippen LogP contribution in [0.3, 0.4) is 0 Å². The summed E-state index contributed by atoms with van der Waals surface area (Å²) in [4.78, 5) is 0. The maximum Gasteiger partial charge on any atom is 0.0378 e. The van der Waals surface area contributed by atoms with Crippen molar-refractivity contribution >= 4 is 22.6 Å². The highest BCUT2D eigenvalue weighted by Gasteiger charge is 1.96. The lowest BCUT2D eigenvalue weighted by Gasteiger charge is -1.98. The topological polar surface area (TPSA) is 0 Å². The van der Waals surface area contributed by atoms with E-state index in [1.807, 2.05) is 12.1 Å². The summed E-state index contributed by atoms with van der Waals surface area (Å²) in [7, 11) is 0. The Hall–Kier alpha value is -0.490. The smallest absolute Gasteiger partial charge is 0.0378 e. The summed E-state index contributed by atoms with van der Waals surface area (Å²) in [5.74, 6) is 2.63. The summed E-state index contributed by atoms with van der Waals surface area (Å²) in [5, 5.41) is 0. The van der Waals surface area contributed by atoms with Gasteiger partial charge in [-0.15, -0.1) is 6.42 Å². The zero-order valence-electron chi connectivity index (χ0n) is 5.69. The van der Waals surface area contributed by atoms with E-state index in [-0.39, 0.29) is 0 Å². The molecule has 0 saturated heterocycles. The Kier molecular flexibility index (Phi) is 2.34. The van der Waals surface area contributed by atoms with Gasteiger partial charge in [-0.25, -0.2) is 0 Å². The Morgan fingerprint density at radius 3 is 2.70 bits per heavy atom. The normalized spacial score (nSPS) is 8.90. The maximum atomic E-state index is 5.26. The van der Waals surface area contributed by atoms with Crippen molar-refractivity contribution in [1.82, 2.24) is 0 Å². The second-order valence-corrected chi connectivity index (χ2v) is 3.16. The lowest BCUT2D eigenvalue weighted by atomic mass is 10.1. The molecule has 1 heteroatoms. The highest BCUT2D eigenvalue weighted by atomic mass is 127. The van der Waals surface area contributed by atoms with Crippen LogP contribution in [0.5, 0.6) is 0 Å². The van der Waals surface area contributed by atoms with Crippen molar-refractivity contribution < 1.29 is 0 Å². The summed E-state index contributed by atoms with van der Waals surface area (Å²) < 4.78 is 1.18. The van der Waals surface area contributed by atoms with E-state index in [1.54, 1.807) is 0 Å². The molecule has 50 valence electrons. The molecule has 0 fully saturated rings. The Balaban J connectivity index is 3.31. The fraction of sp³-hybridized carbons (Fsp3) is 0.111. The van der Waals surface area contributed by atoms with Crippen molar-refractivity contribution in [3.05, 3.63) is 32.9 Å². The van der Waals surface area contributed by atoms with Gasteiger partial charge < -0.3 is 0 Å². The number of aryl methyl sites for hydroxylation is 1. The van der Waals surface area contributed by atoms with E-state index in [2.05, 4.69) is 41.5 Å². The van der Waals surface area contributed by atoms with Crippen LogP contribution in [-0.4, -0.2) is 0 Å². The Morgan fingerprint density at radius 2 is 2.20 bits per heavy atom. The van der Waals surface area contributed by atoms with Gasteiger partial charge in [0.2, 0.25) is 0 Å². The lowest BCUT2D eigenvalue weighted by molar-refractivity contribution is 1.41. The van der Waals surface area contributed by atoms with Crippen LogP contribution < -0.4 is 0 Å². The number of terminal acetylenes is 1. The van der Waals surface area contributed by atoms with Gasteiger partial charge in [-0.05, 0) is 41.1 Å². The van der Waals surface area contributed by atoms with Crippen molar-refractivity contribution in [3.8, 4) is 12.3 Å². The number of hydrogen-bond donors (Lipinski definition) is 0. The van der Waals surface area contributed by atoms with Crippen molar-refractivity contribution in [3.63, 3.8) is 0 Å². The fourth-order valence-electron chi connectivity index (χ4n) is 0.759. The van der Waals surface area contributed by atoms with E-state index in [0.29, 0.717) is 0 Å². The first-order valence-corrected chi connectivity index (χ1v) is 4.05. The fourth-order valence-corrected chi connectivity index (χ4v) is 1.27. The van der Waals surface area contributed by atoms with Crippen LogP contribution in [0, 0.1) is 22.8 Å². The average Bonchev–Trinajstić information content (AvgIpc) is 1.95. The number of halogens is 1. The molecular formula is C9H7I. The van der Waals surface area contributed by atoms with E-state index in [9.17, 15) is 0 Å². The Morgan fingerprint density at radius 1 is 1.50 bits per heavy atom. The second kappa shape index (κ2) is 3.07. The van der Waals surface area contributed by atoms with Crippen LogP contribution >= 0.6 is 22.6 Å². The first kappa shape index (κ1) is 7.62. The molecule has 0 aliphatic heterocycles. The van der Waals surface area contributed by atoms with Crippen LogP contribution in [0.2, 0.25) is 0 Å². The third-order valence-electron chi connectivity index (χ3n) is 1.35. The van der Waals surface area contributed by atoms with E-state index < -0.39 is 0 Å². The molecule has 10 heavy (non-hydrogen) atoms. The molecule has 0 atom stereocenters. The molecule has 0 nitrogen and oxygen atoms in total. The SMILES string of the molecule is C#Cc1cccc(C)c1I. The zero-order chi connectivity index (χ0) is 7.56. The van der Waals surface area contributed by atoms with Crippen molar-refractivity contribution in [2.75, 3.05) is 0 Å². The minimum Gasteiger partial charge on any atom is -0.115 e. The van der Waals surface area contributed by atoms with Gasteiger partial charge in [0.05, 0.1) is 0 Å². The van der Waals surface area contributed by atoms with Gasteiger partial charge >= 0.3 is 0 Å². The van der Waals surface area contributed by atoms with Crippen LogP contribution in [0.1, 0.15) is 11.1 Å². The van der Waals surface area contributed by atoms with Gasteiger partial charge in [-0.3, -0.25) is 0 Å². The van der Waals surface area contributed by atoms with Crippen molar-refractivity contribution in [2.45, 2.75) is 6.92 Å². The standard InChI is InChI=1S/C9H7I/c1-3-8-6-4-5-7(2)9(8)10/h1,4-6H,2H3. The van der Waals surface area contributed by atoms with Crippen LogP contribution in [-0.2, 0) is 0 Å². The minimum absolute atomic E-state index is 0.987. The predicted octanol–water partition coefficient (Wildman–Crippen LogP) is 2.58. The quantitative estimate of drug-likeness (QED) is 0.484. The first-order chi connectivity index (χ1) is 4.75. The molecule has 0 aromatic heterocycles. The first-order valence-electron chi connectivity index (χ1n) is 2.97. The maximum absolute atomic E-state index is 5.26. The molecule has 0 aliphatic carbocycles. The van der Waals surface area contributed by atoms with Gasteiger partial charge in [-0.2, -0.15) is 0 Å². The van der Waals surface area contributed by atoms with E-state index in [1.165, 1.54) is 9.13 Å². The third-order valence-corrected chi connectivity index (χ3v) is 2.78.